The number of aliphatic carboxylic acids is 1. The molecule has 1 rings (SSSR count). The molecule has 4 nitrogen and oxygen atoms in total. The highest BCUT2D eigenvalue weighted by Gasteiger charge is 2.28. The van der Waals surface area contributed by atoms with Gasteiger partial charge in [-0.15, -0.1) is 11.8 Å². The lowest BCUT2D eigenvalue weighted by Crippen LogP contribution is -2.29. The number of thioether (sulfide) groups is 1. The largest absolute Gasteiger partial charge is 0.480 e. The van der Waals surface area contributed by atoms with E-state index in [1.165, 1.54) is 6.07 Å². The predicted molar refractivity (Wildman–Crippen MR) is 79.3 cm³/mol. The lowest BCUT2D eigenvalue weighted by Gasteiger charge is -2.17. The van der Waals surface area contributed by atoms with Gasteiger partial charge in [0.25, 0.3) is 0 Å². The molecule has 0 fully saturated rings. The number of carbonyl (C=O) groups excluding carboxylic acids is 1. The van der Waals surface area contributed by atoms with E-state index in [1.54, 1.807) is 26.0 Å². The number of carboxylic acids is 1. The summed E-state index contributed by atoms with van der Waals surface area (Å²) >= 11 is 12.6. The quantitative estimate of drug-likeness (QED) is 0.870. The summed E-state index contributed by atoms with van der Waals surface area (Å²) in [4.78, 5) is 22.6. The molecule has 1 aromatic rings. The number of halogens is 2. The van der Waals surface area contributed by atoms with Gasteiger partial charge in [-0.25, -0.2) is 0 Å². The van der Waals surface area contributed by atoms with Crippen LogP contribution < -0.4 is 5.32 Å². The average molecular weight is 322 g/mol. The van der Waals surface area contributed by atoms with Crippen molar-refractivity contribution >= 4 is 52.5 Å². The summed E-state index contributed by atoms with van der Waals surface area (Å²) in [6.45, 7) is 3.10. The SMILES string of the molecule is CC(C)(SCC(=O)Nc1ccc(Cl)c(Cl)c1)C(=O)O. The Balaban J connectivity index is 2.56. The van der Waals surface area contributed by atoms with Gasteiger partial charge >= 0.3 is 5.97 Å². The molecule has 0 aromatic heterocycles. The van der Waals surface area contributed by atoms with Crippen molar-refractivity contribution in [3.8, 4) is 0 Å². The van der Waals surface area contributed by atoms with Gasteiger partial charge in [0.2, 0.25) is 5.91 Å². The van der Waals surface area contributed by atoms with Gasteiger partial charge in [-0.05, 0) is 32.0 Å². The molecule has 0 atom stereocenters. The Hall–Kier alpha value is -0.910. The molecule has 0 saturated heterocycles. The van der Waals surface area contributed by atoms with E-state index in [2.05, 4.69) is 5.32 Å². The molecular formula is C12H13Cl2NO3S. The number of anilines is 1. The van der Waals surface area contributed by atoms with Gasteiger partial charge in [0.05, 0.1) is 15.8 Å². The summed E-state index contributed by atoms with van der Waals surface area (Å²) in [5.74, 6) is -1.21. The van der Waals surface area contributed by atoms with E-state index >= 15 is 0 Å². The smallest absolute Gasteiger partial charge is 0.319 e. The molecule has 0 bridgehead atoms. The standard InChI is InChI=1S/C12H13Cl2NO3S/c1-12(2,11(17)18)19-6-10(16)15-7-3-4-8(13)9(14)5-7/h3-5H,6H2,1-2H3,(H,15,16)(H,17,18). The van der Waals surface area contributed by atoms with E-state index in [1.807, 2.05) is 0 Å². The van der Waals surface area contributed by atoms with Crippen molar-refractivity contribution < 1.29 is 14.7 Å². The van der Waals surface area contributed by atoms with E-state index in [4.69, 9.17) is 28.3 Å². The summed E-state index contributed by atoms with van der Waals surface area (Å²) in [5, 5.41) is 12.3. The molecular weight excluding hydrogens is 309 g/mol. The van der Waals surface area contributed by atoms with Gasteiger partial charge < -0.3 is 10.4 Å². The molecule has 0 heterocycles. The third-order valence-electron chi connectivity index (χ3n) is 2.28. The molecule has 0 spiro atoms. The first-order chi connectivity index (χ1) is 8.72. The summed E-state index contributed by atoms with van der Waals surface area (Å²) in [6.07, 6.45) is 0. The molecule has 0 aliphatic rings. The number of hydrogen-bond donors (Lipinski definition) is 2. The van der Waals surface area contributed by atoms with Crippen molar-refractivity contribution in [3.63, 3.8) is 0 Å². The van der Waals surface area contributed by atoms with Crippen molar-refractivity contribution in [1.82, 2.24) is 0 Å². The second kappa shape index (κ2) is 6.50. The molecule has 7 heteroatoms. The Morgan fingerprint density at radius 2 is 1.95 bits per heavy atom. The van der Waals surface area contributed by atoms with Crippen molar-refractivity contribution in [2.75, 3.05) is 11.1 Å². The molecule has 2 N–H and O–H groups in total. The zero-order chi connectivity index (χ0) is 14.6. The molecule has 0 aliphatic heterocycles. The minimum atomic E-state index is -1.00. The van der Waals surface area contributed by atoms with Gasteiger partial charge in [0, 0.05) is 5.69 Å². The molecule has 104 valence electrons. The van der Waals surface area contributed by atoms with Crippen LogP contribution in [0.15, 0.2) is 18.2 Å². The van der Waals surface area contributed by atoms with Gasteiger partial charge in [-0.1, -0.05) is 23.2 Å². The highest BCUT2D eigenvalue weighted by atomic mass is 35.5. The Morgan fingerprint density at radius 1 is 1.32 bits per heavy atom. The van der Waals surface area contributed by atoms with Crippen LogP contribution in [0, 0.1) is 0 Å². The number of benzene rings is 1. The maximum absolute atomic E-state index is 11.7. The van der Waals surface area contributed by atoms with Crippen LogP contribution in [0.25, 0.3) is 0 Å². The lowest BCUT2D eigenvalue weighted by atomic mass is 10.2. The Labute approximate surface area is 125 Å². The fourth-order valence-electron chi connectivity index (χ4n) is 1.08. The fraction of sp³-hybridized carbons (Fsp3) is 0.333. The van der Waals surface area contributed by atoms with Crippen LogP contribution in [-0.4, -0.2) is 27.5 Å². The summed E-state index contributed by atoms with van der Waals surface area (Å²) in [6, 6.07) is 4.74. The number of hydrogen-bond acceptors (Lipinski definition) is 3. The van der Waals surface area contributed by atoms with Gasteiger partial charge in [0.1, 0.15) is 4.75 Å². The second-order valence-electron chi connectivity index (χ2n) is 4.28. The Kier molecular flexibility index (Phi) is 5.52. The van der Waals surface area contributed by atoms with Crippen LogP contribution in [0.3, 0.4) is 0 Å². The van der Waals surface area contributed by atoms with E-state index < -0.39 is 10.7 Å². The minimum Gasteiger partial charge on any atom is -0.480 e. The minimum absolute atomic E-state index is 0.0412. The number of carbonyl (C=O) groups is 2. The molecule has 0 unspecified atom stereocenters. The van der Waals surface area contributed by atoms with E-state index in [9.17, 15) is 9.59 Å². The normalized spacial score (nSPS) is 11.2. The molecule has 1 amide bonds. The van der Waals surface area contributed by atoms with Gasteiger partial charge in [-0.3, -0.25) is 9.59 Å². The van der Waals surface area contributed by atoms with Crippen LogP contribution in [0.4, 0.5) is 5.69 Å². The number of carboxylic acid groups (broad SMARTS) is 1. The van der Waals surface area contributed by atoms with E-state index in [0.717, 1.165) is 11.8 Å². The third kappa shape index (κ3) is 4.93. The first-order valence-electron chi connectivity index (χ1n) is 5.34. The van der Waals surface area contributed by atoms with Crippen LogP contribution in [0.2, 0.25) is 10.0 Å². The zero-order valence-corrected chi connectivity index (χ0v) is 12.7. The van der Waals surface area contributed by atoms with Crippen LogP contribution in [0.1, 0.15) is 13.8 Å². The molecule has 0 saturated carbocycles. The zero-order valence-electron chi connectivity index (χ0n) is 10.4. The Morgan fingerprint density at radius 3 is 2.47 bits per heavy atom. The van der Waals surface area contributed by atoms with Crippen molar-refractivity contribution in [2.45, 2.75) is 18.6 Å². The average Bonchev–Trinajstić information content (AvgIpc) is 2.31. The molecule has 1 aromatic carbocycles. The highest BCUT2D eigenvalue weighted by molar-refractivity contribution is 8.02. The Bertz CT molecular complexity index is 506. The first kappa shape index (κ1) is 16.1. The second-order valence-corrected chi connectivity index (χ2v) is 6.69. The number of nitrogens with one attached hydrogen (secondary N) is 1. The summed E-state index contributed by atoms with van der Waals surface area (Å²) in [7, 11) is 0. The van der Waals surface area contributed by atoms with Crippen molar-refractivity contribution in [2.24, 2.45) is 0 Å². The van der Waals surface area contributed by atoms with Crippen molar-refractivity contribution in [1.29, 1.82) is 0 Å². The van der Waals surface area contributed by atoms with Crippen molar-refractivity contribution in [3.05, 3.63) is 28.2 Å². The topological polar surface area (TPSA) is 66.4 Å². The van der Waals surface area contributed by atoms with Crippen LogP contribution in [0.5, 0.6) is 0 Å². The highest BCUT2D eigenvalue weighted by Crippen LogP contribution is 2.26. The summed E-state index contributed by atoms with van der Waals surface area (Å²) in [5.41, 5.74) is 0.521. The maximum Gasteiger partial charge on any atom is 0.319 e. The van der Waals surface area contributed by atoms with Gasteiger partial charge in [0.15, 0.2) is 0 Å². The first-order valence-corrected chi connectivity index (χ1v) is 7.09. The number of amides is 1. The van der Waals surface area contributed by atoms with Crippen LogP contribution in [-0.2, 0) is 9.59 Å². The van der Waals surface area contributed by atoms with Gasteiger partial charge in [-0.2, -0.15) is 0 Å². The van der Waals surface area contributed by atoms with E-state index in [0.29, 0.717) is 15.7 Å². The molecule has 19 heavy (non-hydrogen) atoms. The monoisotopic (exact) mass is 321 g/mol. The third-order valence-corrected chi connectivity index (χ3v) is 4.32. The predicted octanol–water partition coefficient (Wildman–Crippen LogP) is 3.53. The molecule has 0 radical (unpaired) electrons. The fourth-order valence-corrected chi connectivity index (χ4v) is 2.06. The lowest BCUT2D eigenvalue weighted by molar-refractivity contribution is -0.138. The number of rotatable bonds is 5. The van der Waals surface area contributed by atoms with E-state index in [-0.39, 0.29) is 11.7 Å². The maximum atomic E-state index is 11.7. The summed E-state index contributed by atoms with van der Waals surface area (Å²) < 4.78 is -1.00. The molecule has 0 aliphatic carbocycles. The van der Waals surface area contributed by atoms with Crippen LogP contribution >= 0.6 is 35.0 Å².